The molecule has 1 aromatic rings. The molecule has 0 spiro atoms. The van der Waals surface area contributed by atoms with E-state index in [1.165, 1.54) is 4.90 Å². The number of carbonyl (C=O) groups is 2. The summed E-state index contributed by atoms with van der Waals surface area (Å²) in [5.41, 5.74) is 0.321. The van der Waals surface area contributed by atoms with Crippen molar-refractivity contribution in [3.05, 3.63) is 46.5 Å². The molecule has 176 valence electrons. The molecule has 1 heterocycles. The molecule has 0 saturated carbocycles. The van der Waals surface area contributed by atoms with Crippen LogP contribution in [0.25, 0.3) is 10.6 Å². The second-order valence-electron chi connectivity index (χ2n) is 9.41. The Morgan fingerprint density at radius 1 is 1.06 bits per heavy atom. The van der Waals surface area contributed by atoms with Crippen molar-refractivity contribution in [1.29, 1.82) is 0 Å². The van der Waals surface area contributed by atoms with Gasteiger partial charge in [0.2, 0.25) is 5.91 Å². The zero-order valence-electron chi connectivity index (χ0n) is 19.3. The maximum atomic E-state index is 13.4. The van der Waals surface area contributed by atoms with Gasteiger partial charge in [-0.1, -0.05) is 84.8 Å². The van der Waals surface area contributed by atoms with Gasteiger partial charge in [0, 0.05) is 0 Å². The summed E-state index contributed by atoms with van der Waals surface area (Å²) in [7, 11) is 0. The fourth-order valence-electron chi connectivity index (χ4n) is 3.38. The van der Waals surface area contributed by atoms with Gasteiger partial charge in [0.25, 0.3) is 0 Å². The molecule has 3 atom stereocenters. The van der Waals surface area contributed by atoms with Gasteiger partial charge < -0.3 is 26.3 Å². The van der Waals surface area contributed by atoms with Crippen molar-refractivity contribution < 1.29 is 45.1 Å². The molecule has 1 aromatic carbocycles. The Hall–Kier alpha value is -1.36. The quantitative estimate of drug-likeness (QED) is 0.472. The number of cyclic esters (lactones) is 1. The van der Waals surface area contributed by atoms with Crippen LogP contribution in [0.2, 0.25) is 0 Å². The van der Waals surface area contributed by atoms with Crippen molar-refractivity contribution in [2.24, 2.45) is 0 Å². The summed E-state index contributed by atoms with van der Waals surface area (Å²) < 4.78 is 5.23. The van der Waals surface area contributed by atoms with E-state index < -0.39 is 17.7 Å². The Morgan fingerprint density at radius 3 is 2.06 bits per heavy atom. The van der Waals surface area contributed by atoms with Gasteiger partial charge in [0.05, 0.1) is 6.04 Å². The van der Waals surface area contributed by atoms with E-state index in [1.807, 2.05) is 78.8 Å². The van der Waals surface area contributed by atoms with Gasteiger partial charge in [-0.15, -0.1) is 17.1 Å². The molecule has 1 aliphatic rings. The molecule has 2 rings (SSSR count). The largest absolute Gasteiger partial charge is 4.00 e. The van der Waals surface area contributed by atoms with Gasteiger partial charge in [-0.2, -0.15) is 0 Å². The van der Waals surface area contributed by atoms with Gasteiger partial charge in [-0.25, -0.2) is 9.69 Å². The number of nitrogens with zero attached hydrogens (tertiary/aromatic N) is 3. The molecule has 9 heteroatoms. The Kier molecular flexibility index (Phi) is 13.0. The molecule has 31 heavy (non-hydrogen) atoms. The first-order valence-electron chi connectivity index (χ1n) is 9.85. The van der Waals surface area contributed by atoms with Crippen molar-refractivity contribution in [3.63, 3.8) is 0 Å². The number of imide groups is 1. The van der Waals surface area contributed by atoms with Crippen LogP contribution in [0.15, 0.2) is 30.3 Å². The zero-order chi connectivity index (χ0) is 21.1. The summed E-state index contributed by atoms with van der Waals surface area (Å²) in [6.45, 7) is 13.9. The van der Waals surface area contributed by atoms with Crippen LogP contribution in [0.3, 0.4) is 0 Å². The summed E-state index contributed by atoms with van der Waals surface area (Å²) >= 11 is 0. The Balaban J connectivity index is 0. The van der Waals surface area contributed by atoms with Crippen molar-refractivity contribution in [2.45, 2.75) is 84.1 Å². The van der Waals surface area contributed by atoms with Crippen LogP contribution in [0.4, 0.5) is 4.79 Å². The smallest absolute Gasteiger partial charge is 0.870 e. The van der Waals surface area contributed by atoms with E-state index in [9.17, 15) is 9.59 Å². The monoisotopic (exact) mass is 613 g/mol. The van der Waals surface area contributed by atoms with Crippen molar-refractivity contribution in [1.82, 2.24) is 4.90 Å². The number of hydrogen-bond acceptors (Lipinski definition) is 5. The molecular weight excluding hydrogens is 576 g/mol. The summed E-state index contributed by atoms with van der Waals surface area (Å²) in [5.74, 6) is -0.334. The predicted molar refractivity (Wildman–Crippen MR) is 115 cm³/mol. The van der Waals surface area contributed by atoms with Gasteiger partial charge >= 0.3 is 25.9 Å². The minimum atomic E-state index is -0.733. The molecular formula is C22H35N3O5Os. The molecule has 0 aromatic heterocycles. The fraction of sp³-hybridized carbons (Fsp3) is 0.636. The first kappa shape index (κ1) is 31.8. The third kappa shape index (κ3) is 9.76. The average Bonchev–Trinajstić information content (AvgIpc) is 2.91. The van der Waals surface area contributed by atoms with Crippen LogP contribution < -0.4 is 0 Å². The number of carbonyl (C=O) groups excluding carboxylic acids is 2. The molecule has 1 saturated heterocycles. The first-order chi connectivity index (χ1) is 12.9. The van der Waals surface area contributed by atoms with Crippen molar-refractivity contribution in [3.8, 4) is 0 Å². The number of ether oxygens (including phenoxy) is 1. The van der Waals surface area contributed by atoms with Crippen molar-refractivity contribution in [2.75, 3.05) is 6.61 Å². The van der Waals surface area contributed by atoms with Crippen LogP contribution in [0.1, 0.15) is 54.0 Å². The Morgan fingerprint density at radius 2 is 1.58 bits per heavy atom. The summed E-state index contributed by atoms with van der Waals surface area (Å²) in [4.78, 5) is 27.1. The van der Waals surface area contributed by atoms with E-state index in [0.29, 0.717) is 6.42 Å². The third-order valence-electron chi connectivity index (χ3n) is 4.34. The molecule has 0 aliphatic carbocycles. The third-order valence-corrected chi connectivity index (χ3v) is 4.34. The minimum absolute atomic E-state index is 0. The molecule has 8 nitrogen and oxygen atoms in total. The van der Waals surface area contributed by atoms with Crippen LogP contribution in [0.5, 0.6) is 0 Å². The Bertz CT molecular complexity index is 689. The molecule has 1 fully saturated rings. The second kappa shape index (κ2) is 12.6. The molecule has 0 radical (unpaired) electrons. The van der Waals surface area contributed by atoms with E-state index in [4.69, 9.17) is 15.4 Å². The number of benzene rings is 1. The van der Waals surface area contributed by atoms with Gasteiger partial charge in [-0.05, 0) is 12.0 Å². The van der Waals surface area contributed by atoms with Crippen LogP contribution in [0, 0.1) is 0 Å². The predicted octanol–water partition coefficient (Wildman–Crippen LogP) is 4.32. The van der Waals surface area contributed by atoms with Crippen LogP contribution in [-0.2, 0) is 35.7 Å². The number of rotatable bonds is 6. The second-order valence-corrected chi connectivity index (χ2v) is 9.41. The van der Waals surface area contributed by atoms with Gasteiger partial charge in [0.1, 0.15) is 6.61 Å². The van der Waals surface area contributed by atoms with E-state index in [0.717, 1.165) is 5.56 Å². The molecule has 0 unspecified atom stereocenters. The van der Waals surface area contributed by atoms with Crippen LogP contribution in [-0.4, -0.2) is 63.7 Å². The number of hydrogen-bond donors (Lipinski definition) is 0. The van der Waals surface area contributed by atoms with Gasteiger partial charge in [-0.3, -0.25) is 4.79 Å². The van der Waals surface area contributed by atoms with E-state index in [2.05, 4.69) is 0 Å². The van der Waals surface area contributed by atoms with E-state index in [1.54, 1.807) is 0 Å². The maximum Gasteiger partial charge on any atom is 4.00 e. The van der Waals surface area contributed by atoms with Crippen LogP contribution >= 0.6 is 0 Å². The summed E-state index contributed by atoms with van der Waals surface area (Å²) in [6.07, 6.45) is -0.0336. The van der Waals surface area contributed by atoms with E-state index >= 15 is 0 Å². The topological polar surface area (TPSA) is 135 Å². The summed E-state index contributed by atoms with van der Waals surface area (Å²) in [5, 5.41) is 9.45. The average molecular weight is 612 g/mol. The number of amides is 2. The normalized spacial score (nSPS) is 18.1. The minimum Gasteiger partial charge on any atom is -0.870 e. The van der Waals surface area contributed by atoms with Crippen molar-refractivity contribution >= 4 is 12.0 Å². The molecule has 1 aliphatic heterocycles. The van der Waals surface area contributed by atoms with E-state index in [-0.39, 0.29) is 60.9 Å². The molecule has 2 amide bonds. The first-order valence-corrected chi connectivity index (χ1v) is 9.85. The maximum absolute atomic E-state index is 13.4. The van der Waals surface area contributed by atoms with Gasteiger partial charge in [0.15, 0.2) is 0 Å². The Labute approximate surface area is 199 Å². The fourth-order valence-corrected chi connectivity index (χ4v) is 3.38. The molecule has 0 bridgehead atoms. The molecule has 2 N–H and O–H groups in total. The SMILES string of the molecule is C[C@@H]([N-]C(C)(C)C)[C@H]([N-]C(C)(C)C)C(=O)N1C(=O)OC[C@@H]1Cc1ccccc1.[OH-].[OH-].[Os+4]. The zero-order valence-corrected chi connectivity index (χ0v) is 21.9. The summed E-state index contributed by atoms with van der Waals surface area (Å²) in [6, 6.07) is 8.39. The standard InChI is InChI=1S/C22H33N3O3.2H2O.Os/c1-15(23-21(2,3)4)18(24-22(5,6)7)19(26)25-17(14-28-20(25)27)13-16-11-9-8-10-12-16;;;/h8-12,15,17-18H,13-14H2,1-7H3;2*1H2;/q-2;;;+4/p-2/t15-,17+,18+;;;/m1.../s1.